The monoisotopic (exact) mass is 360 g/mol. The number of fused-ring (bicyclic) bond motifs is 1. The van der Waals surface area contributed by atoms with Gasteiger partial charge in [-0.25, -0.2) is 0 Å². The Kier molecular flexibility index (Phi) is 6.79. The molecule has 1 saturated heterocycles. The number of hydrogen-bond donors (Lipinski definition) is 1. The summed E-state index contributed by atoms with van der Waals surface area (Å²) in [6.07, 6.45) is 8.85. The summed E-state index contributed by atoms with van der Waals surface area (Å²) in [5.74, 6) is 1.71. The molecule has 136 valence electrons. The van der Waals surface area contributed by atoms with Crippen molar-refractivity contribution >= 4 is 28.6 Å². The lowest BCUT2D eigenvalue weighted by Crippen LogP contribution is -2.49. The van der Waals surface area contributed by atoms with E-state index in [-0.39, 0.29) is 5.24 Å². The summed E-state index contributed by atoms with van der Waals surface area (Å²) in [4.78, 5) is 26.7. The molecule has 2 aliphatic rings. The molecule has 0 spiro atoms. The van der Waals surface area contributed by atoms with E-state index in [1.165, 1.54) is 43.9 Å². The van der Waals surface area contributed by atoms with Crippen molar-refractivity contribution in [3.8, 4) is 0 Å². The molecule has 2 unspecified atom stereocenters. The third-order valence-corrected chi connectivity index (χ3v) is 6.21. The lowest BCUT2D eigenvalue weighted by molar-refractivity contribution is -0.137. The van der Waals surface area contributed by atoms with Gasteiger partial charge in [-0.3, -0.25) is 9.59 Å². The zero-order chi connectivity index (χ0) is 17.5. The van der Waals surface area contributed by atoms with E-state index < -0.39 is 0 Å². The first-order valence-electron chi connectivity index (χ1n) is 9.52. The molecule has 25 heavy (non-hydrogen) atoms. The molecular weight excluding hydrogens is 332 g/mol. The molecule has 1 aromatic carbocycles. The van der Waals surface area contributed by atoms with Gasteiger partial charge in [-0.15, -0.1) is 0 Å². The zero-order valence-electron chi connectivity index (χ0n) is 14.8. The van der Waals surface area contributed by atoms with Crippen LogP contribution in [0.3, 0.4) is 0 Å². The van der Waals surface area contributed by atoms with Gasteiger partial charge in [-0.05, 0) is 50.2 Å². The molecular formula is C20H28N2O2S. The smallest absolute Gasteiger partial charge is 0.283 e. The second kappa shape index (κ2) is 9.27. The van der Waals surface area contributed by atoms with Gasteiger partial charge >= 0.3 is 0 Å². The summed E-state index contributed by atoms with van der Waals surface area (Å²) in [5, 5.41) is 2.81. The largest absolute Gasteiger partial charge is 0.339 e. The lowest BCUT2D eigenvalue weighted by Gasteiger charge is -2.44. The van der Waals surface area contributed by atoms with Crippen LogP contribution < -0.4 is 5.32 Å². The summed E-state index contributed by atoms with van der Waals surface area (Å²) in [5.41, 5.74) is 0.813. The van der Waals surface area contributed by atoms with Gasteiger partial charge in [0.15, 0.2) is 0 Å². The van der Waals surface area contributed by atoms with Crippen molar-refractivity contribution in [3.63, 3.8) is 0 Å². The minimum absolute atomic E-state index is 0.0519. The number of hydrogen-bond acceptors (Lipinski definition) is 3. The maximum Gasteiger partial charge on any atom is 0.283 e. The first kappa shape index (κ1) is 18.3. The topological polar surface area (TPSA) is 49.4 Å². The van der Waals surface area contributed by atoms with Crippen molar-refractivity contribution < 1.29 is 9.59 Å². The van der Waals surface area contributed by atoms with Crippen molar-refractivity contribution in [2.24, 2.45) is 5.92 Å². The Balaban J connectivity index is 1.37. The van der Waals surface area contributed by atoms with Crippen molar-refractivity contribution in [2.75, 3.05) is 17.6 Å². The predicted octanol–water partition coefficient (Wildman–Crippen LogP) is 4.91. The van der Waals surface area contributed by atoms with Crippen LogP contribution in [0, 0.1) is 5.92 Å². The molecule has 2 atom stereocenters. The van der Waals surface area contributed by atoms with Gasteiger partial charge in [-0.2, -0.15) is 0 Å². The third kappa shape index (κ3) is 5.24. The molecule has 3 rings (SSSR count). The van der Waals surface area contributed by atoms with Gasteiger partial charge in [0.1, 0.15) is 0 Å². The van der Waals surface area contributed by atoms with E-state index in [4.69, 9.17) is 0 Å². The summed E-state index contributed by atoms with van der Waals surface area (Å²) in [7, 11) is 0. The molecule has 1 aromatic rings. The summed E-state index contributed by atoms with van der Waals surface area (Å²) in [6, 6.07) is 9.96. The van der Waals surface area contributed by atoms with E-state index in [9.17, 15) is 9.59 Å². The van der Waals surface area contributed by atoms with Crippen LogP contribution in [0.1, 0.15) is 51.4 Å². The van der Waals surface area contributed by atoms with Gasteiger partial charge in [0, 0.05) is 30.4 Å². The summed E-state index contributed by atoms with van der Waals surface area (Å²) < 4.78 is 0. The standard InChI is InChI=1S/C20H28N2O2S/c23-19(22-14-6-9-16-8-4-5-12-18(16)22)13-7-15-25-20(24)21-17-10-2-1-3-11-17/h1-3,10-11,16,18H,4-9,12-15H2,(H,21,24). The number of amides is 2. The zero-order valence-corrected chi connectivity index (χ0v) is 15.6. The number of benzene rings is 1. The summed E-state index contributed by atoms with van der Waals surface area (Å²) in [6.45, 7) is 0.932. The number of nitrogens with zero attached hydrogens (tertiary/aromatic N) is 1. The number of rotatable bonds is 5. The van der Waals surface area contributed by atoms with E-state index >= 15 is 0 Å². The Morgan fingerprint density at radius 2 is 1.84 bits per heavy atom. The van der Waals surface area contributed by atoms with Crippen LogP contribution in [0.25, 0.3) is 0 Å². The molecule has 0 aromatic heterocycles. The molecule has 0 bridgehead atoms. The average Bonchev–Trinajstić information content (AvgIpc) is 2.65. The molecule has 1 N–H and O–H groups in total. The van der Waals surface area contributed by atoms with Gasteiger partial charge in [0.2, 0.25) is 5.91 Å². The van der Waals surface area contributed by atoms with E-state index in [2.05, 4.69) is 10.2 Å². The van der Waals surface area contributed by atoms with Crippen molar-refractivity contribution in [1.29, 1.82) is 0 Å². The Labute approximate surface area is 154 Å². The Bertz CT molecular complexity index is 576. The number of anilines is 1. The van der Waals surface area contributed by atoms with Crippen molar-refractivity contribution in [2.45, 2.75) is 57.4 Å². The molecule has 1 aliphatic carbocycles. The first-order valence-corrected chi connectivity index (χ1v) is 10.5. The fourth-order valence-corrected chi connectivity index (χ4v) is 4.81. The highest BCUT2D eigenvalue weighted by atomic mass is 32.2. The number of carbonyl (C=O) groups excluding carboxylic acids is 2. The Morgan fingerprint density at radius 3 is 2.68 bits per heavy atom. The molecule has 5 heteroatoms. The van der Waals surface area contributed by atoms with E-state index in [1.807, 2.05) is 30.3 Å². The Morgan fingerprint density at radius 1 is 1.08 bits per heavy atom. The van der Waals surface area contributed by atoms with Crippen LogP contribution in [0.2, 0.25) is 0 Å². The highest BCUT2D eigenvalue weighted by Crippen LogP contribution is 2.35. The molecule has 2 amide bonds. The van der Waals surface area contributed by atoms with Crippen LogP contribution in [0.4, 0.5) is 10.5 Å². The van der Waals surface area contributed by atoms with Crippen molar-refractivity contribution in [3.05, 3.63) is 30.3 Å². The maximum absolute atomic E-state index is 12.6. The number of likely N-dealkylation sites (tertiary alicyclic amines) is 1. The molecule has 2 fully saturated rings. The normalized spacial score (nSPS) is 23.0. The van der Waals surface area contributed by atoms with Crippen LogP contribution in [-0.4, -0.2) is 34.4 Å². The minimum atomic E-state index is -0.0519. The highest BCUT2D eigenvalue weighted by Gasteiger charge is 2.35. The van der Waals surface area contributed by atoms with Crippen molar-refractivity contribution in [1.82, 2.24) is 4.90 Å². The maximum atomic E-state index is 12.6. The van der Waals surface area contributed by atoms with Crippen LogP contribution in [0.15, 0.2) is 30.3 Å². The second-order valence-corrected chi connectivity index (χ2v) is 8.14. The molecule has 0 radical (unpaired) electrons. The SMILES string of the molecule is O=C(Nc1ccccc1)SCCCC(=O)N1CCCC2CCCCC21. The van der Waals surface area contributed by atoms with E-state index in [1.54, 1.807) is 0 Å². The van der Waals surface area contributed by atoms with Crippen LogP contribution >= 0.6 is 11.8 Å². The first-order chi connectivity index (χ1) is 12.2. The molecule has 1 heterocycles. The predicted molar refractivity (Wildman–Crippen MR) is 104 cm³/mol. The number of para-hydroxylation sites is 1. The number of carbonyl (C=O) groups is 2. The minimum Gasteiger partial charge on any atom is -0.339 e. The van der Waals surface area contributed by atoms with Gasteiger partial charge in [0.25, 0.3) is 5.24 Å². The summed E-state index contributed by atoms with van der Waals surface area (Å²) >= 11 is 1.26. The van der Waals surface area contributed by atoms with Crippen LogP contribution in [-0.2, 0) is 4.79 Å². The lowest BCUT2D eigenvalue weighted by atomic mass is 9.78. The molecule has 1 saturated carbocycles. The Hall–Kier alpha value is -1.49. The van der Waals surface area contributed by atoms with Gasteiger partial charge in [-0.1, -0.05) is 42.8 Å². The molecule has 1 aliphatic heterocycles. The van der Waals surface area contributed by atoms with Crippen LogP contribution in [0.5, 0.6) is 0 Å². The average molecular weight is 361 g/mol. The molecule has 4 nitrogen and oxygen atoms in total. The van der Waals surface area contributed by atoms with E-state index in [0.29, 0.717) is 24.1 Å². The number of nitrogens with one attached hydrogen (secondary N) is 1. The number of piperidine rings is 1. The fraction of sp³-hybridized carbons (Fsp3) is 0.600. The fourth-order valence-electron chi connectivity index (χ4n) is 4.14. The van der Waals surface area contributed by atoms with Gasteiger partial charge < -0.3 is 10.2 Å². The van der Waals surface area contributed by atoms with Gasteiger partial charge in [0.05, 0.1) is 0 Å². The highest BCUT2D eigenvalue weighted by molar-refractivity contribution is 8.13. The third-order valence-electron chi connectivity index (χ3n) is 5.35. The second-order valence-electron chi connectivity index (χ2n) is 7.07. The van der Waals surface area contributed by atoms with E-state index in [0.717, 1.165) is 31.0 Å². The quantitative estimate of drug-likeness (QED) is 0.759. The number of thioether (sulfide) groups is 1.